The number of rotatable bonds is 5. The van der Waals surface area contributed by atoms with Gasteiger partial charge in [-0.2, -0.15) is 0 Å². The smallest absolute Gasteiger partial charge is 0.324 e. The van der Waals surface area contributed by atoms with Crippen LogP contribution in [-0.2, 0) is 20.8 Å². The van der Waals surface area contributed by atoms with E-state index in [0.29, 0.717) is 18.5 Å². The predicted molar refractivity (Wildman–Crippen MR) is 95.4 cm³/mol. The van der Waals surface area contributed by atoms with Gasteiger partial charge < -0.3 is 5.32 Å². The summed E-state index contributed by atoms with van der Waals surface area (Å²) in [5, 5.41) is 2.78. The van der Waals surface area contributed by atoms with Gasteiger partial charge in [-0.3, -0.25) is 19.3 Å². The van der Waals surface area contributed by atoms with Gasteiger partial charge in [-0.25, -0.2) is 9.69 Å². The summed E-state index contributed by atoms with van der Waals surface area (Å²) in [6.07, 6.45) is 4.04. The molecule has 7 nitrogen and oxygen atoms in total. The van der Waals surface area contributed by atoms with Crippen molar-refractivity contribution in [3.63, 3.8) is 0 Å². The van der Waals surface area contributed by atoms with Crippen molar-refractivity contribution in [2.75, 3.05) is 11.9 Å². The Hall–Kier alpha value is -2.70. The van der Waals surface area contributed by atoms with Crippen molar-refractivity contribution in [1.29, 1.82) is 0 Å². The van der Waals surface area contributed by atoms with Gasteiger partial charge in [-0.15, -0.1) is 0 Å². The molecule has 0 spiro atoms. The summed E-state index contributed by atoms with van der Waals surface area (Å²) in [4.78, 5) is 51.1. The molecule has 1 saturated carbocycles. The minimum absolute atomic E-state index is 0.227. The van der Waals surface area contributed by atoms with Gasteiger partial charge >= 0.3 is 17.8 Å². The average molecular weight is 357 g/mol. The molecule has 1 heterocycles. The maximum Gasteiger partial charge on any atom is 0.334 e. The van der Waals surface area contributed by atoms with Crippen LogP contribution < -0.4 is 5.32 Å². The fourth-order valence-electron chi connectivity index (χ4n) is 3.67. The Morgan fingerprint density at radius 1 is 1.15 bits per heavy atom. The van der Waals surface area contributed by atoms with E-state index in [0.717, 1.165) is 40.2 Å². The molecule has 5 amide bonds. The number of nitrogens with zero attached hydrogens (tertiary/aromatic N) is 2. The number of carbonyl (C=O) groups is 4. The van der Waals surface area contributed by atoms with E-state index >= 15 is 0 Å². The molecule has 1 aliphatic heterocycles. The van der Waals surface area contributed by atoms with Gasteiger partial charge in [0, 0.05) is 11.7 Å². The lowest BCUT2D eigenvalue weighted by atomic mass is 10.1. The van der Waals surface area contributed by atoms with Gasteiger partial charge in [0.25, 0.3) is 0 Å². The largest absolute Gasteiger partial charge is 0.334 e. The lowest BCUT2D eigenvalue weighted by Crippen LogP contribution is -2.41. The third kappa shape index (κ3) is 3.21. The Morgan fingerprint density at radius 3 is 2.50 bits per heavy atom. The normalized spacial score (nSPS) is 18.2. The van der Waals surface area contributed by atoms with Gasteiger partial charge in [-0.1, -0.05) is 38.0 Å². The number of aryl methyl sites for hydroxylation is 2. The highest BCUT2D eigenvalue weighted by Crippen LogP contribution is 2.28. The lowest BCUT2D eigenvalue weighted by Gasteiger charge is -2.21. The van der Waals surface area contributed by atoms with Crippen molar-refractivity contribution < 1.29 is 19.2 Å². The number of nitrogens with one attached hydrogen (secondary N) is 1. The zero-order valence-electron chi connectivity index (χ0n) is 15.1. The van der Waals surface area contributed by atoms with Crippen molar-refractivity contribution in [3.05, 3.63) is 29.3 Å². The van der Waals surface area contributed by atoms with Crippen LogP contribution in [0.15, 0.2) is 18.2 Å². The molecule has 1 saturated heterocycles. The molecule has 1 aromatic carbocycles. The van der Waals surface area contributed by atoms with Crippen molar-refractivity contribution >= 4 is 29.4 Å². The van der Waals surface area contributed by atoms with Gasteiger partial charge in [0.05, 0.1) is 0 Å². The summed E-state index contributed by atoms with van der Waals surface area (Å²) in [5.41, 5.74) is 2.57. The fourth-order valence-corrected chi connectivity index (χ4v) is 3.67. The molecule has 0 atom stereocenters. The lowest BCUT2D eigenvalue weighted by molar-refractivity contribution is -0.144. The first-order valence-corrected chi connectivity index (χ1v) is 9.01. The molecule has 138 valence electrons. The van der Waals surface area contributed by atoms with Crippen LogP contribution in [0, 0.1) is 6.92 Å². The molecule has 0 radical (unpaired) electrons. The Morgan fingerprint density at radius 2 is 1.85 bits per heavy atom. The van der Waals surface area contributed by atoms with E-state index in [-0.39, 0.29) is 6.04 Å². The van der Waals surface area contributed by atoms with Gasteiger partial charge in [0.2, 0.25) is 5.91 Å². The molecule has 1 N–H and O–H groups in total. The highest BCUT2D eigenvalue weighted by molar-refractivity contribution is 6.45. The number of hydrogen-bond donors (Lipinski definition) is 1. The van der Waals surface area contributed by atoms with Crippen LogP contribution in [0.3, 0.4) is 0 Å². The zero-order valence-corrected chi connectivity index (χ0v) is 15.1. The highest BCUT2D eigenvalue weighted by atomic mass is 16.2. The summed E-state index contributed by atoms with van der Waals surface area (Å²) in [7, 11) is 0. The second-order valence-corrected chi connectivity index (χ2v) is 6.80. The molecule has 26 heavy (non-hydrogen) atoms. The molecule has 1 aromatic rings. The van der Waals surface area contributed by atoms with Crippen LogP contribution in [0.25, 0.3) is 0 Å². The van der Waals surface area contributed by atoms with Crippen LogP contribution in [0.5, 0.6) is 0 Å². The Kier molecular flexibility index (Phi) is 5.06. The van der Waals surface area contributed by atoms with E-state index in [1.54, 1.807) is 0 Å². The van der Waals surface area contributed by atoms with Crippen molar-refractivity contribution in [2.24, 2.45) is 0 Å². The number of anilines is 1. The molecule has 1 aliphatic carbocycles. The molecule has 7 heteroatoms. The summed E-state index contributed by atoms with van der Waals surface area (Å²) in [6, 6.07) is 4.81. The first kappa shape index (κ1) is 18.1. The molecule has 2 aliphatic rings. The molecular formula is C19H23N3O4. The molecule has 2 fully saturated rings. The molecule has 0 bridgehead atoms. The van der Waals surface area contributed by atoms with E-state index in [9.17, 15) is 19.2 Å². The number of amides is 5. The predicted octanol–water partition coefficient (Wildman–Crippen LogP) is 2.23. The second-order valence-electron chi connectivity index (χ2n) is 6.80. The minimum Gasteiger partial charge on any atom is -0.324 e. The monoisotopic (exact) mass is 357 g/mol. The summed E-state index contributed by atoms with van der Waals surface area (Å²) < 4.78 is 0. The SMILES string of the molecule is CCc1cccc(C)c1NC(=O)CN1C(=O)C(=O)N(C2CCCC2)C1=O. The number of para-hydroxylation sites is 1. The van der Waals surface area contributed by atoms with E-state index < -0.39 is 30.3 Å². The Balaban J connectivity index is 1.72. The Labute approximate surface area is 152 Å². The number of benzene rings is 1. The average Bonchev–Trinajstić information content (AvgIpc) is 3.20. The number of urea groups is 1. The van der Waals surface area contributed by atoms with E-state index in [1.165, 1.54) is 0 Å². The Bertz CT molecular complexity index is 768. The van der Waals surface area contributed by atoms with Gasteiger partial charge in [-0.05, 0) is 37.3 Å². The van der Waals surface area contributed by atoms with Gasteiger partial charge in [0.1, 0.15) is 6.54 Å². The topological polar surface area (TPSA) is 86.8 Å². The molecule has 0 unspecified atom stereocenters. The van der Waals surface area contributed by atoms with E-state index in [4.69, 9.17) is 0 Å². The first-order valence-electron chi connectivity index (χ1n) is 9.01. The molecule has 3 rings (SSSR count). The highest BCUT2D eigenvalue weighted by Gasteiger charge is 2.48. The standard InChI is InChI=1S/C19H23N3O4/c1-3-13-8-6-7-12(2)16(13)20-15(23)11-21-17(24)18(25)22(19(21)26)14-9-4-5-10-14/h6-8,14H,3-5,9-11H2,1-2H3,(H,20,23). The minimum atomic E-state index is -0.919. The number of carbonyl (C=O) groups excluding carboxylic acids is 4. The van der Waals surface area contributed by atoms with Crippen molar-refractivity contribution in [3.8, 4) is 0 Å². The van der Waals surface area contributed by atoms with Crippen LogP contribution in [0.2, 0.25) is 0 Å². The van der Waals surface area contributed by atoms with Gasteiger partial charge in [0.15, 0.2) is 0 Å². The van der Waals surface area contributed by atoms with E-state index in [1.807, 2.05) is 32.0 Å². The maximum absolute atomic E-state index is 12.5. The second kappa shape index (κ2) is 7.27. The summed E-state index contributed by atoms with van der Waals surface area (Å²) in [5.74, 6) is -2.23. The summed E-state index contributed by atoms with van der Waals surface area (Å²) >= 11 is 0. The number of hydrogen-bond acceptors (Lipinski definition) is 4. The van der Waals surface area contributed by atoms with Crippen molar-refractivity contribution in [1.82, 2.24) is 9.80 Å². The molecular weight excluding hydrogens is 334 g/mol. The number of imide groups is 2. The quantitative estimate of drug-likeness (QED) is 0.647. The van der Waals surface area contributed by atoms with Crippen LogP contribution >= 0.6 is 0 Å². The van der Waals surface area contributed by atoms with Crippen LogP contribution in [0.4, 0.5) is 10.5 Å². The zero-order chi connectivity index (χ0) is 18.8. The third-order valence-corrected chi connectivity index (χ3v) is 5.08. The summed E-state index contributed by atoms with van der Waals surface area (Å²) in [6.45, 7) is 3.41. The third-order valence-electron chi connectivity index (χ3n) is 5.08. The maximum atomic E-state index is 12.5. The van der Waals surface area contributed by atoms with Crippen molar-refractivity contribution in [2.45, 2.75) is 52.0 Å². The fraction of sp³-hybridized carbons (Fsp3) is 0.474. The molecule has 0 aromatic heterocycles. The van der Waals surface area contributed by atoms with E-state index in [2.05, 4.69) is 5.32 Å². The van der Waals surface area contributed by atoms with Crippen LogP contribution in [0.1, 0.15) is 43.7 Å². The first-order chi connectivity index (χ1) is 12.4. The van der Waals surface area contributed by atoms with Crippen LogP contribution in [-0.4, -0.2) is 46.1 Å².